The SMILES string of the molecule is CNCCc1ccc(C#N)cc1.Cn1ncc(-c2ccc(NC(=O)CC3=CCCC=C3)nc2)n1. The molecule has 2 aromatic heterocycles. The Morgan fingerprint density at radius 1 is 1.15 bits per heavy atom. The topological polar surface area (TPSA) is 109 Å². The van der Waals surface area contributed by atoms with Gasteiger partial charge in [-0.25, -0.2) is 4.98 Å². The number of hydrogen-bond acceptors (Lipinski definition) is 6. The number of allylic oxidation sites excluding steroid dienone is 3. The molecular formula is C26H29N7O. The van der Waals surface area contributed by atoms with Crippen molar-refractivity contribution in [3.63, 3.8) is 0 Å². The summed E-state index contributed by atoms with van der Waals surface area (Å²) in [6, 6.07) is 13.4. The normalized spacial score (nSPS) is 12.2. The van der Waals surface area contributed by atoms with Crippen LogP contribution in [0.5, 0.6) is 0 Å². The summed E-state index contributed by atoms with van der Waals surface area (Å²) in [4.78, 5) is 17.7. The monoisotopic (exact) mass is 455 g/mol. The van der Waals surface area contributed by atoms with Gasteiger partial charge in [0, 0.05) is 18.8 Å². The fourth-order valence-electron chi connectivity index (χ4n) is 3.28. The minimum Gasteiger partial charge on any atom is -0.319 e. The zero-order valence-electron chi connectivity index (χ0n) is 19.5. The average molecular weight is 456 g/mol. The summed E-state index contributed by atoms with van der Waals surface area (Å²) in [5.74, 6) is 0.482. The predicted molar refractivity (Wildman–Crippen MR) is 133 cm³/mol. The Bertz CT molecular complexity index is 1170. The third-order valence-corrected chi connectivity index (χ3v) is 5.11. The van der Waals surface area contributed by atoms with Crippen molar-refractivity contribution in [2.24, 2.45) is 7.05 Å². The molecule has 8 heteroatoms. The van der Waals surface area contributed by atoms with Gasteiger partial charge in [-0.1, -0.05) is 30.4 Å². The van der Waals surface area contributed by atoms with Crippen LogP contribution in [0.15, 0.2) is 72.6 Å². The van der Waals surface area contributed by atoms with E-state index < -0.39 is 0 Å². The molecule has 0 fully saturated rings. The number of likely N-dealkylation sites (N-methyl/N-ethyl adjacent to an activating group) is 1. The molecule has 1 aliphatic rings. The summed E-state index contributed by atoms with van der Waals surface area (Å²) in [6.07, 6.45) is 13.0. The Morgan fingerprint density at radius 2 is 1.97 bits per heavy atom. The van der Waals surface area contributed by atoms with E-state index in [4.69, 9.17) is 5.26 Å². The van der Waals surface area contributed by atoms with Gasteiger partial charge in [0.05, 0.1) is 24.3 Å². The molecule has 34 heavy (non-hydrogen) atoms. The number of benzene rings is 1. The van der Waals surface area contributed by atoms with Gasteiger partial charge in [-0.2, -0.15) is 20.3 Å². The van der Waals surface area contributed by atoms with E-state index in [1.807, 2.05) is 43.5 Å². The summed E-state index contributed by atoms with van der Waals surface area (Å²) in [6.45, 7) is 0.978. The smallest absolute Gasteiger partial charge is 0.229 e. The predicted octanol–water partition coefficient (Wildman–Crippen LogP) is 3.80. The summed E-state index contributed by atoms with van der Waals surface area (Å²) in [7, 11) is 3.70. The van der Waals surface area contributed by atoms with Crippen LogP contribution >= 0.6 is 0 Å². The summed E-state index contributed by atoms with van der Waals surface area (Å²) in [5.41, 5.74) is 4.67. The van der Waals surface area contributed by atoms with Gasteiger partial charge in [-0.15, -0.1) is 0 Å². The molecule has 0 saturated carbocycles. The van der Waals surface area contributed by atoms with Crippen molar-refractivity contribution in [2.75, 3.05) is 18.9 Å². The molecule has 0 atom stereocenters. The third-order valence-electron chi connectivity index (χ3n) is 5.11. The molecule has 0 bridgehead atoms. The van der Waals surface area contributed by atoms with Crippen LogP contribution in [0.3, 0.4) is 0 Å². The maximum atomic E-state index is 12.0. The fraction of sp³-hybridized carbons (Fsp3) is 0.269. The van der Waals surface area contributed by atoms with Crippen LogP contribution in [-0.4, -0.2) is 39.5 Å². The highest BCUT2D eigenvalue weighted by molar-refractivity contribution is 5.91. The second-order valence-corrected chi connectivity index (χ2v) is 7.80. The Labute approximate surface area is 200 Å². The Hall–Kier alpha value is -4.09. The Kier molecular flexibility index (Phi) is 9.26. The van der Waals surface area contributed by atoms with Crippen molar-refractivity contribution in [1.82, 2.24) is 25.3 Å². The summed E-state index contributed by atoms with van der Waals surface area (Å²) in [5, 5.41) is 22.7. The Balaban J connectivity index is 0.000000229. The molecule has 0 spiro atoms. The zero-order valence-corrected chi connectivity index (χ0v) is 19.5. The van der Waals surface area contributed by atoms with E-state index in [9.17, 15) is 4.79 Å². The molecule has 174 valence electrons. The second kappa shape index (κ2) is 12.8. The number of anilines is 1. The molecule has 4 rings (SSSR count). The number of nitrogens with zero attached hydrogens (tertiary/aromatic N) is 5. The lowest BCUT2D eigenvalue weighted by atomic mass is 10.0. The standard InChI is InChI=1S/C16H17N5O.C10H12N2/c1-21-18-11-14(20-21)13-7-8-15(17-10-13)19-16(22)9-12-5-3-2-4-6-12;1-12-7-6-9-2-4-10(8-11)5-3-9/h3,5-8,10-11H,2,4,9H2,1H3,(H,17,19,22);2-5,12H,6-7H2,1H3. The molecule has 2 heterocycles. The van der Waals surface area contributed by atoms with E-state index in [1.165, 1.54) is 10.4 Å². The molecule has 8 nitrogen and oxygen atoms in total. The van der Waals surface area contributed by atoms with Crippen LogP contribution in [0, 0.1) is 11.3 Å². The minimum absolute atomic E-state index is 0.0578. The van der Waals surface area contributed by atoms with Crippen LogP contribution in [0.4, 0.5) is 5.82 Å². The molecule has 1 aromatic carbocycles. The van der Waals surface area contributed by atoms with Gasteiger partial charge in [0.15, 0.2) is 0 Å². The number of nitrogens with one attached hydrogen (secondary N) is 2. The quantitative estimate of drug-likeness (QED) is 0.561. The van der Waals surface area contributed by atoms with Crippen LogP contribution in [0.1, 0.15) is 30.4 Å². The van der Waals surface area contributed by atoms with Crippen LogP contribution in [0.25, 0.3) is 11.3 Å². The van der Waals surface area contributed by atoms with Crippen molar-refractivity contribution in [1.29, 1.82) is 5.26 Å². The van der Waals surface area contributed by atoms with Crippen molar-refractivity contribution >= 4 is 11.7 Å². The highest BCUT2D eigenvalue weighted by Crippen LogP contribution is 2.17. The van der Waals surface area contributed by atoms with Gasteiger partial charge < -0.3 is 10.6 Å². The molecule has 1 aliphatic carbocycles. The molecule has 0 aliphatic heterocycles. The van der Waals surface area contributed by atoms with E-state index in [0.29, 0.717) is 12.2 Å². The zero-order chi connectivity index (χ0) is 24.2. The number of aryl methyl sites for hydroxylation is 1. The maximum Gasteiger partial charge on any atom is 0.229 e. The number of hydrogen-bond donors (Lipinski definition) is 2. The van der Waals surface area contributed by atoms with Crippen molar-refractivity contribution in [2.45, 2.75) is 25.7 Å². The number of pyridine rings is 1. The van der Waals surface area contributed by atoms with E-state index in [0.717, 1.165) is 48.2 Å². The average Bonchev–Trinajstić information content (AvgIpc) is 3.30. The van der Waals surface area contributed by atoms with Gasteiger partial charge in [-0.3, -0.25) is 4.79 Å². The van der Waals surface area contributed by atoms with Gasteiger partial charge in [0.1, 0.15) is 11.5 Å². The van der Waals surface area contributed by atoms with E-state index >= 15 is 0 Å². The number of carbonyl (C=O) groups is 1. The first-order valence-corrected chi connectivity index (χ1v) is 11.2. The molecule has 2 N–H and O–H groups in total. The molecule has 1 amide bonds. The number of amides is 1. The van der Waals surface area contributed by atoms with Gasteiger partial charge in [0.25, 0.3) is 0 Å². The number of carbonyl (C=O) groups excluding carboxylic acids is 1. The van der Waals surface area contributed by atoms with Crippen LogP contribution in [-0.2, 0) is 18.3 Å². The number of nitriles is 1. The number of aromatic nitrogens is 4. The van der Waals surface area contributed by atoms with Gasteiger partial charge in [-0.05, 0) is 68.3 Å². The summed E-state index contributed by atoms with van der Waals surface area (Å²) >= 11 is 0. The van der Waals surface area contributed by atoms with Crippen molar-refractivity contribution < 1.29 is 4.79 Å². The fourth-order valence-corrected chi connectivity index (χ4v) is 3.28. The highest BCUT2D eigenvalue weighted by atomic mass is 16.1. The number of rotatable bonds is 7. The molecule has 0 radical (unpaired) electrons. The first-order valence-electron chi connectivity index (χ1n) is 11.2. The third kappa shape index (κ3) is 7.80. The summed E-state index contributed by atoms with van der Waals surface area (Å²) < 4.78 is 0. The molecule has 0 unspecified atom stereocenters. The van der Waals surface area contributed by atoms with E-state index in [2.05, 4.69) is 44.0 Å². The van der Waals surface area contributed by atoms with Crippen molar-refractivity contribution in [3.05, 3.63) is 83.7 Å². The minimum atomic E-state index is -0.0578. The van der Waals surface area contributed by atoms with Crippen molar-refractivity contribution in [3.8, 4) is 17.3 Å². The Morgan fingerprint density at radius 3 is 2.56 bits per heavy atom. The first kappa shape index (κ1) is 24.6. The van der Waals surface area contributed by atoms with E-state index in [1.54, 1.807) is 25.5 Å². The lowest BCUT2D eigenvalue weighted by molar-refractivity contribution is -0.115. The first-order chi connectivity index (χ1) is 16.6. The maximum absolute atomic E-state index is 12.0. The molecular weight excluding hydrogens is 426 g/mol. The van der Waals surface area contributed by atoms with Gasteiger partial charge >= 0.3 is 0 Å². The van der Waals surface area contributed by atoms with E-state index in [-0.39, 0.29) is 5.91 Å². The van der Waals surface area contributed by atoms with Crippen LogP contribution in [0.2, 0.25) is 0 Å². The second-order valence-electron chi connectivity index (χ2n) is 7.80. The highest BCUT2D eigenvalue weighted by Gasteiger charge is 2.08. The van der Waals surface area contributed by atoms with Crippen LogP contribution < -0.4 is 10.6 Å². The molecule has 0 saturated heterocycles. The largest absolute Gasteiger partial charge is 0.319 e. The lowest BCUT2D eigenvalue weighted by Gasteiger charge is -2.08. The lowest BCUT2D eigenvalue weighted by Crippen LogP contribution is -2.13. The van der Waals surface area contributed by atoms with Gasteiger partial charge in [0.2, 0.25) is 5.91 Å². The molecule has 3 aromatic rings.